The molecule has 0 N–H and O–H groups in total. The van der Waals surface area contributed by atoms with Crippen LogP contribution in [0.4, 0.5) is 0 Å². The fraction of sp³-hybridized carbons (Fsp3) is 0.316. The summed E-state index contributed by atoms with van der Waals surface area (Å²) in [5.74, 6) is -0.814. The molecule has 0 fully saturated rings. The number of rotatable bonds is 8. The van der Waals surface area contributed by atoms with Crippen molar-refractivity contribution in [2.24, 2.45) is 0 Å². The minimum atomic E-state index is -4.18. The Hall–Kier alpha value is -2.07. The predicted octanol–water partition coefficient (Wildman–Crippen LogP) is 2.76. The molecule has 2 rings (SSSR count). The molecule has 28 heavy (non-hydrogen) atoms. The molecule has 152 valence electrons. The Morgan fingerprint density at radius 2 is 0.964 bits per heavy atom. The molecular formula is C19H22O7S2. The maximum Gasteiger partial charge on any atom is 0.297 e. The van der Waals surface area contributed by atoms with Crippen LogP contribution in [0.3, 0.4) is 0 Å². The number of carbonyl (C=O) groups is 1. The summed E-state index contributed by atoms with van der Waals surface area (Å²) in [7, 11) is -8.36. The Kier molecular flexibility index (Phi) is 6.76. The Balaban J connectivity index is 2.09. The van der Waals surface area contributed by atoms with Crippen LogP contribution in [0.5, 0.6) is 0 Å². The summed E-state index contributed by atoms with van der Waals surface area (Å²) >= 11 is 0. The van der Waals surface area contributed by atoms with Gasteiger partial charge >= 0.3 is 0 Å². The van der Waals surface area contributed by atoms with Gasteiger partial charge in [0.15, 0.2) is 5.78 Å². The van der Waals surface area contributed by atoms with Gasteiger partial charge in [-0.1, -0.05) is 35.4 Å². The molecular weight excluding hydrogens is 404 g/mol. The van der Waals surface area contributed by atoms with E-state index in [2.05, 4.69) is 0 Å². The zero-order valence-corrected chi connectivity index (χ0v) is 17.6. The Morgan fingerprint density at radius 1 is 0.679 bits per heavy atom. The number of carbonyl (C=O) groups excluding carboxylic acids is 1. The van der Waals surface area contributed by atoms with Crippen molar-refractivity contribution >= 4 is 26.0 Å². The quantitative estimate of drug-likeness (QED) is 0.598. The third kappa shape index (κ3) is 5.48. The Labute approximate surface area is 165 Å². The van der Waals surface area contributed by atoms with E-state index in [0.717, 1.165) is 11.1 Å². The molecule has 0 spiro atoms. The van der Waals surface area contributed by atoms with Crippen LogP contribution in [0.25, 0.3) is 0 Å². The van der Waals surface area contributed by atoms with Gasteiger partial charge in [-0.3, -0.25) is 13.2 Å². The summed E-state index contributed by atoms with van der Waals surface area (Å²) in [5, 5.41) is 0. The summed E-state index contributed by atoms with van der Waals surface area (Å²) in [6.07, 6.45) is -2.84. The van der Waals surface area contributed by atoms with Gasteiger partial charge in [-0.15, -0.1) is 0 Å². The Bertz CT molecular complexity index is 953. The smallest absolute Gasteiger partial charge is 0.294 e. The predicted molar refractivity (Wildman–Crippen MR) is 103 cm³/mol. The summed E-state index contributed by atoms with van der Waals surface area (Å²) in [5.41, 5.74) is 1.73. The third-order valence-corrected chi connectivity index (χ3v) is 6.75. The minimum Gasteiger partial charge on any atom is -0.294 e. The lowest BCUT2D eigenvalue weighted by atomic mass is 10.2. The molecule has 7 nitrogen and oxygen atoms in total. The molecule has 0 aliphatic carbocycles. The van der Waals surface area contributed by atoms with E-state index >= 15 is 0 Å². The van der Waals surface area contributed by atoms with Gasteiger partial charge in [0.05, 0.1) is 9.79 Å². The first kappa shape index (κ1) is 22.2. The van der Waals surface area contributed by atoms with Gasteiger partial charge in [0.2, 0.25) is 0 Å². The van der Waals surface area contributed by atoms with Crippen molar-refractivity contribution in [3.05, 3.63) is 59.7 Å². The van der Waals surface area contributed by atoms with Crippen LogP contribution < -0.4 is 0 Å². The Morgan fingerprint density at radius 3 is 1.25 bits per heavy atom. The van der Waals surface area contributed by atoms with E-state index in [1.54, 1.807) is 38.1 Å². The van der Waals surface area contributed by atoms with Gasteiger partial charge in [-0.25, -0.2) is 0 Å². The fourth-order valence-electron chi connectivity index (χ4n) is 2.33. The highest BCUT2D eigenvalue weighted by molar-refractivity contribution is 7.87. The normalized spacial score (nSPS) is 14.4. The first-order chi connectivity index (χ1) is 12.9. The molecule has 0 amide bonds. The lowest BCUT2D eigenvalue weighted by molar-refractivity contribution is -0.131. The van der Waals surface area contributed by atoms with Crippen molar-refractivity contribution in [1.29, 1.82) is 0 Å². The zero-order chi connectivity index (χ0) is 21.1. The van der Waals surface area contributed by atoms with Crippen molar-refractivity contribution in [3.8, 4) is 0 Å². The van der Waals surface area contributed by atoms with E-state index in [1.807, 2.05) is 0 Å². The monoisotopic (exact) mass is 426 g/mol. The molecule has 0 bridgehead atoms. The van der Waals surface area contributed by atoms with E-state index in [1.165, 1.54) is 38.1 Å². The molecule has 0 aliphatic rings. The lowest BCUT2D eigenvalue weighted by Gasteiger charge is -2.17. The molecule has 2 unspecified atom stereocenters. The lowest BCUT2D eigenvalue weighted by Crippen LogP contribution is -2.35. The maximum atomic E-state index is 12.4. The largest absolute Gasteiger partial charge is 0.297 e. The number of aryl methyl sites for hydroxylation is 2. The highest BCUT2D eigenvalue weighted by Gasteiger charge is 2.31. The van der Waals surface area contributed by atoms with Crippen LogP contribution in [-0.2, 0) is 33.4 Å². The first-order valence-corrected chi connectivity index (χ1v) is 11.3. The highest BCUT2D eigenvalue weighted by atomic mass is 32.2. The van der Waals surface area contributed by atoms with Gasteiger partial charge in [0.1, 0.15) is 12.2 Å². The van der Waals surface area contributed by atoms with Crippen LogP contribution in [0, 0.1) is 13.8 Å². The molecule has 2 aromatic carbocycles. The number of Topliss-reactive ketones (excluding diaryl/α,β-unsaturated/α-hetero) is 1. The minimum absolute atomic E-state index is 0.0985. The summed E-state index contributed by atoms with van der Waals surface area (Å²) in [6, 6.07) is 11.9. The number of benzene rings is 2. The second-order valence-electron chi connectivity index (χ2n) is 6.41. The molecule has 0 aromatic heterocycles. The second kappa shape index (κ2) is 8.52. The topological polar surface area (TPSA) is 104 Å². The second-order valence-corrected chi connectivity index (χ2v) is 9.56. The maximum absolute atomic E-state index is 12.4. The van der Waals surface area contributed by atoms with Crippen LogP contribution in [0.2, 0.25) is 0 Å². The van der Waals surface area contributed by atoms with E-state index < -0.39 is 38.2 Å². The number of hydrogen-bond acceptors (Lipinski definition) is 7. The van der Waals surface area contributed by atoms with Crippen LogP contribution >= 0.6 is 0 Å². The third-order valence-electron chi connectivity index (χ3n) is 3.96. The zero-order valence-electron chi connectivity index (χ0n) is 15.9. The molecule has 0 saturated carbocycles. The molecule has 0 heterocycles. The van der Waals surface area contributed by atoms with Crippen LogP contribution in [0.1, 0.15) is 25.0 Å². The summed E-state index contributed by atoms with van der Waals surface area (Å²) in [4.78, 5) is 12.2. The highest BCUT2D eigenvalue weighted by Crippen LogP contribution is 2.19. The SMILES string of the molecule is Cc1ccc(S(=O)(=O)OC(C)C(=O)C(C)OS(=O)(=O)c2ccc(C)cc2)cc1. The van der Waals surface area contributed by atoms with Gasteiger partial charge in [0.25, 0.3) is 20.2 Å². The van der Waals surface area contributed by atoms with Gasteiger partial charge in [-0.2, -0.15) is 16.8 Å². The van der Waals surface area contributed by atoms with Gasteiger partial charge < -0.3 is 0 Å². The molecule has 2 atom stereocenters. The van der Waals surface area contributed by atoms with Crippen LogP contribution in [-0.4, -0.2) is 34.8 Å². The number of ketones is 1. The van der Waals surface area contributed by atoms with E-state index in [-0.39, 0.29) is 9.79 Å². The summed E-state index contributed by atoms with van der Waals surface area (Å²) in [6.45, 7) is 6.06. The standard InChI is InChI=1S/C19H22O7S2/c1-13-5-9-17(10-6-13)27(21,22)25-15(3)19(20)16(4)26-28(23,24)18-11-7-14(2)8-12-18/h5-12,15-16H,1-4H3. The van der Waals surface area contributed by atoms with Crippen molar-refractivity contribution in [2.45, 2.75) is 49.7 Å². The van der Waals surface area contributed by atoms with Gasteiger partial charge in [-0.05, 0) is 52.0 Å². The van der Waals surface area contributed by atoms with Crippen LogP contribution in [0.15, 0.2) is 58.3 Å². The molecule has 2 aromatic rings. The average molecular weight is 427 g/mol. The molecule has 9 heteroatoms. The number of hydrogen-bond donors (Lipinski definition) is 0. The van der Waals surface area contributed by atoms with Crippen molar-refractivity contribution < 1.29 is 30.0 Å². The van der Waals surface area contributed by atoms with Crippen molar-refractivity contribution in [3.63, 3.8) is 0 Å². The fourth-order valence-corrected chi connectivity index (χ4v) is 4.44. The molecule has 0 saturated heterocycles. The van der Waals surface area contributed by atoms with E-state index in [4.69, 9.17) is 8.37 Å². The summed E-state index contributed by atoms with van der Waals surface area (Å²) < 4.78 is 59.0. The molecule has 0 aliphatic heterocycles. The first-order valence-electron chi connectivity index (χ1n) is 8.46. The van der Waals surface area contributed by atoms with Gasteiger partial charge in [0, 0.05) is 0 Å². The van der Waals surface area contributed by atoms with E-state index in [9.17, 15) is 21.6 Å². The average Bonchev–Trinajstić information content (AvgIpc) is 2.61. The molecule has 0 radical (unpaired) electrons. The van der Waals surface area contributed by atoms with Crippen molar-refractivity contribution in [1.82, 2.24) is 0 Å². The van der Waals surface area contributed by atoms with Crippen molar-refractivity contribution in [2.75, 3.05) is 0 Å². The van der Waals surface area contributed by atoms with E-state index in [0.29, 0.717) is 0 Å².